The van der Waals surface area contributed by atoms with Crippen molar-refractivity contribution < 1.29 is 4.74 Å². The average molecular weight is 226 g/mol. The van der Waals surface area contributed by atoms with Gasteiger partial charge < -0.3 is 10.1 Å². The molecule has 2 atom stereocenters. The van der Waals surface area contributed by atoms with Crippen molar-refractivity contribution in [3.63, 3.8) is 0 Å². The summed E-state index contributed by atoms with van der Waals surface area (Å²) >= 11 is 0. The Bertz CT molecular complexity index is 192. The van der Waals surface area contributed by atoms with E-state index < -0.39 is 0 Å². The van der Waals surface area contributed by atoms with Crippen LogP contribution in [0.5, 0.6) is 0 Å². The molecule has 0 radical (unpaired) electrons. The second-order valence-corrected chi connectivity index (χ2v) is 5.22. The smallest absolute Gasteiger partial charge is 0.0507 e. The van der Waals surface area contributed by atoms with Gasteiger partial charge in [0.05, 0.1) is 6.61 Å². The third-order valence-corrected chi connectivity index (χ3v) is 3.82. The van der Waals surface area contributed by atoms with Gasteiger partial charge in [-0.1, -0.05) is 6.92 Å². The van der Waals surface area contributed by atoms with Gasteiger partial charge in [0.1, 0.15) is 0 Å². The maximum absolute atomic E-state index is 5.46. The van der Waals surface area contributed by atoms with Crippen molar-refractivity contribution in [2.24, 2.45) is 5.92 Å². The molecule has 2 aliphatic rings. The summed E-state index contributed by atoms with van der Waals surface area (Å²) in [4.78, 5) is 2.68. The van der Waals surface area contributed by atoms with Crippen molar-refractivity contribution in [1.29, 1.82) is 0 Å². The largest absolute Gasteiger partial charge is 0.381 e. The fraction of sp³-hybridized carbons (Fsp3) is 1.00. The average Bonchev–Trinajstić information content (AvgIpc) is 2.92. The number of hydrogen-bond acceptors (Lipinski definition) is 3. The van der Waals surface area contributed by atoms with E-state index in [-0.39, 0.29) is 0 Å². The molecular weight excluding hydrogens is 200 g/mol. The summed E-state index contributed by atoms with van der Waals surface area (Å²) in [6.07, 6.45) is 5.27. The molecule has 3 heteroatoms. The van der Waals surface area contributed by atoms with Crippen LogP contribution in [0.4, 0.5) is 0 Å². The molecule has 0 bridgehead atoms. The minimum atomic E-state index is 0.784. The number of nitrogens with zero attached hydrogens (tertiary/aromatic N) is 1. The van der Waals surface area contributed by atoms with Crippen molar-refractivity contribution in [1.82, 2.24) is 10.2 Å². The molecule has 0 aromatic rings. The van der Waals surface area contributed by atoms with Crippen LogP contribution < -0.4 is 5.32 Å². The highest BCUT2D eigenvalue weighted by atomic mass is 16.5. The molecule has 1 N–H and O–H groups in total. The lowest BCUT2D eigenvalue weighted by Crippen LogP contribution is -2.40. The number of hydrogen-bond donors (Lipinski definition) is 1. The van der Waals surface area contributed by atoms with Gasteiger partial charge in [-0.15, -0.1) is 0 Å². The van der Waals surface area contributed by atoms with Crippen molar-refractivity contribution in [3.8, 4) is 0 Å². The Balaban J connectivity index is 1.69. The van der Waals surface area contributed by atoms with Gasteiger partial charge in [-0.25, -0.2) is 0 Å². The van der Waals surface area contributed by atoms with Gasteiger partial charge in [0.15, 0.2) is 0 Å². The summed E-state index contributed by atoms with van der Waals surface area (Å²) in [5.74, 6) is 0.798. The van der Waals surface area contributed by atoms with E-state index in [0.29, 0.717) is 0 Å². The Morgan fingerprint density at radius 2 is 2.31 bits per heavy atom. The van der Waals surface area contributed by atoms with Gasteiger partial charge in [0, 0.05) is 25.7 Å². The first-order chi connectivity index (χ1) is 7.90. The quantitative estimate of drug-likeness (QED) is 0.694. The fourth-order valence-electron chi connectivity index (χ4n) is 2.87. The SMILES string of the molecule is CCCNCC1CCCN1CC1CCOC1. The van der Waals surface area contributed by atoms with E-state index in [0.717, 1.165) is 31.7 Å². The summed E-state index contributed by atoms with van der Waals surface area (Å²) in [7, 11) is 0. The van der Waals surface area contributed by atoms with Crippen molar-refractivity contribution in [3.05, 3.63) is 0 Å². The summed E-state index contributed by atoms with van der Waals surface area (Å²) < 4.78 is 5.46. The van der Waals surface area contributed by atoms with Gasteiger partial charge in [0.25, 0.3) is 0 Å². The van der Waals surface area contributed by atoms with Crippen LogP contribution in [-0.4, -0.2) is 50.3 Å². The molecule has 2 unspecified atom stereocenters. The standard InChI is InChI=1S/C13H26N2O/c1-2-6-14-9-13-4-3-7-15(13)10-12-5-8-16-11-12/h12-14H,2-11H2,1H3. The van der Waals surface area contributed by atoms with Gasteiger partial charge in [0.2, 0.25) is 0 Å². The molecule has 94 valence electrons. The highest BCUT2D eigenvalue weighted by molar-refractivity contribution is 4.83. The van der Waals surface area contributed by atoms with E-state index in [1.807, 2.05) is 0 Å². The summed E-state index contributed by atoms with van der Waals surface area (Å²) in [6, 6.07) is 0.784. The highest BCUT2D eigenvalue weighted by Gasteiger charge is 2.27. The minimum Gasteiger partial charge on any atom is -0.381 e. The van der Waals surface area contributed by atoms with E-state index in [2.05, 4.69) is 17.1 Å². The molecule has 2 aliphatic heterocycles. The minimum absolute atomic E-state index is 0.784. The second kappa shape index (κ2) is 6.58. The topological polar surface area (TPSA) is 24.5 Å². The predicted molar refractivity (Wildman–Crippen MR) is 66.7 cm³/mol. The van der Waals surface area contributed by atoms with Crippen LogP contribution in [0, 0.1) is 5.92 Å². The van der Waals surface area contributed by atoms with E-state index >= 15 is 0 Å². The predicted octanol–water partition coefficient (Wildman–Crippen LogP) is 1.49. The Morgan fingerprint density at radius 3 is 3.06 bits per heavy atom. The molecule has 16 heavy (non-hydrogen) atoms. The third kappa shape index (κ3) is 3.44. The van der Waals surface area contributed by atoms with Gasteiger partial charge >= 0.3 is 0 Å². The molecule has 2 fully saturated rings. The lowest BCUT2D eigenvalue weighted by Gasteiger charge is -2.27. The van der Waals surface area contributed by atoms with Gasteiger partial charge in [-0.2, -0.15) is 0 Å². The van der Waals surface area contributed by atoms with Gasteiger partial charge in [-0.05, 0) is 44.7 Å². The molecule has 2 saturated heterocycles. The fourth-order valence-corrected chi connectivity index (χ4v) is 2.87. The lowest BCUT2D eigenvalue weighted by atomic mass is 10.1. The van der Waals surface area contributed by atoms with Crippen molar-refractivity contribution >= 4 is 0 Å². The number of likely N-dealkylation sites (tertiary alicyclic amines) is 1. The molecule has 3 nitrogen and oxygen atoms in total. The Kier molecular flexibility index (Phi) is 5.07. The zero-order valence-electron chi connectivity index (χ0n) is 10.6. The maximum atomic E-state index is 5.46. The van der Waals surface area contributed by atoms with Crippen LogP contribution in [0.2, 0.25) is 0 Å². The molecule has 0 saturated carbocycles. The molecule has 0 amide bonds. The van der Waals surface area contributed by atoms with E-state index in [4.69, 9.17) is 4.74 Å². The first-order valence-electron chi connectivity index (χ1n) is 6.92. The van der Waals surface area contributed by atoms with Crippen LogP contribution in [0.15, 0.2) is 0 Å². The van der Waals surface area contributed by atoms with Crippen molar-refractivity contribution in [2.75, 3.05) is 39.4 Å². The van der Waals surface area contributed by atoms with Gasteiger partial charge in [-0.3, -0.25) is 4.90 Å². The molecule has 2 heterocycles. The van der Waals surface area contributed by atoms with Crippen LogP contribution in [0.25, 0.3) is 0 Å². The number of rotatable bonds is 6. The maximum Gasteiger partial charge on any atom is 0.0507 e. The Hall–Kier alpha value is -0.120. The Labute approximate surface area is 99.5 Å². The highest BCUT2D eigenvalue weighted by Crippen LogP contribution is 2.21. The summed E-state index contributed by atoms with van der Waals surface area (Å²) in [6.45, 7) is 9.11. The van der Waals surface area contributed by atoms with Crippen LogP contribution >= 0.6 is 0 Å². The molecule has 0 spiro atoms. The van der Waals surface area contributed by atoms with Crippen molar-refractivity contribution in [2.45, 2.75) is 38.6 Å². The summed E-state index contributed by atoms with van der Waals surface area (Å²) in [5, 5.41) is 3.56. The summed E-state index contributed by atoms with van der Waals surface area (Å²) in [5.41, 5.74) is 0. The van der Waals surface area contributed by atoms with E-state index in [9.17, 15) is 0 Å². The zero-order chi connectivity index (χ0) is 11.2. The molecule has 2 rings (SSSR count). The van der Waals surface area contributed by atoms with E-state index in [1.54, 1.807) is 0 Å². The lowest BCUT2D eigenvalue weighted by molar-refractivity contribution is 0.161. The first kappa shape index (κ1) is 12.3. The number of nitrogens with one attached hydrogen (secondary N) is 1. The first-order valence-corrected chi connectivity index (χ1v) is 6.92. The molecular formula is C13H26N2O. The van der Waals surface area contributed by atoms with Crippen LogP contribution in [0.3, 0.4) is 0 Å². The Morgan fingerprint density at radius 1 is 1.38 bits per heavy atom. The van der Waals surface area contributed by atoms with Crippen LogP contribution in [-0.2, 0) is 4.74 Å². The normalized spacial score (nSPS) is 31.3. The monoisotopic (exact) mass is 226 g/mol. The molecule has 0 aromatic carbocycles. The number of ether oxygens (including phenoxy) is 1. The second-order valence-electron chi connectivity index (χ2n) is 5.22. The van der Waals surface area contributed by atoms with E-state index in [1.165, 1.54) is 45.3 Å². The zero-order valence-corrected chi connectivity index (χ0v) is 10.6. The third-order valence-electron chi connectivity index (χ3n) is 3.82. The molecule has 0 aromatic heterocycles. The molecule has 0 aliphatic carbocycles. The van der Waals surface area contributed by atoms with Crippen LogP contribution in [0.1, 0.15) is 32.6 Å².